The van der Waals surface area contributed by atoms with Gasteiger partial charge in [-0.05, 0) is 78.6 Å². The van der Waals surface area contributed by atoms with Crippen LogP contribution in [0.3, 0.4) is 0 Å². The third kappa shape index (κ3) is 6.91. The van der Waals surface area contributed by atoms with Crippen molar-refractivity contribution in [2.24, 2.45) is 0 Å². The number of benzene rings is 2. The first-order valence-electron chi connectivity index (χ1n) is 11.3. The number of hydrogen-bond donors (Lipinski definition) is 1. The van der Waals surface area contributed by atoms with Gasteiger partial charge in [-0.3, -0.25) is 4.79 Å². The van der Waals surface area contributed by atoms with Crippen molar-refractivity contribution in [2.45, 2.75) is 27.7 Å². The summed E-state index contributed by atoms with van der Waals surface area (Å²) in [6.45, 7) is 13.3. The number of rotatable bonds is 8. The lowest BCUT2D eigenvalue weighted by Crippen LogP contribution is -2.48. The Labute approximate surface area is 210 Å². The number of nitrogens with one attached hydrogen (secondary N) is 1. The van der Waals surface area contributed by atoms with E-state index in [0.29, 0.717) is 22.6 Å². The summed E-state index contributed by atoms with van der Waals surface area (Å²) in [4.78, 5) is 17.9. The molecule has 8 heteroatoms. The Morgan fingerprint density at radius 3 is 2.30 bits per heavy atom. The fraction of sp³-hybridized carbons (Fsp3) is 0.440. The van der Waals surface area contributed by atoms with Gasteiger partial charge in [0, 0.05) is 37.4 Å². The largest absolute Gasteiger partial charge is 0.490 e. The third-order valence-corrected chi connectivity index (χ3v) is 6.60. The lowest BCUT2D eigenvalue weighted by Gasteiger charge is -2.35. The molecule has 1 saturated heterocycles. The average molecular weight is 535 g/mol. The van der Waals surface area contributed by atoms with Crippen LogP contribution in [-0.2, 0) is 4.79 Å². The molecule has 1 aliphatic rings. The highest BCUT2D eigenvalue weighted by Gasteiger charge is 2.22. The second-order valence-corrected chi connectivity index (χ2v) is 9.40. The average Bonchev–Trinajstić information content (AvgIpc) is 2.77. The number of hydrogen-bond acceptors (Lipinski definition) is 5. The van der Waals surface area contributed by atoms with Crippen LogP contribution in [0.15, 0.2) is 34.8 Å². The molecule has 6 nitrogen and oxygen atoms in total. The second-order valence-electron chi connectivity index (χ2n) is 8.16. The van der Waals surface area contributed by atoms with E-state index in [9.17, 15) is 4.79 Å². The van der Waals surface area contributed by atoms with Gasteiger partial charge in [-0.15, -0.1) is 0 Å². The lowest BCUT2D eigenvalue weighted by molar-refractivity contribution is -0.118. The highest BCUT2D eigenvalue weighted by Crippen LogP contribution is 2.37. The predicted molar refractivity (Wildman–Crippen MR) is 141 cm³/mol. The van der Waals surface area contributed by atoms with Gasteiger partial charge < -0.3 is 24.6 Å². The standard InChI is InChI=1S/C25H32BrN3O3S/c1-5-28-7-9-29(10-8-28)25(33)19-14-21(26)24(22(15-19)31-6-2)32-16-23(30)27-20-12-17(3)11-18(4)13-20/h11-15H,5-10,16H2,1-4H3,(H,27,30). The molecule has 0 aliphatic carbocycles. The number of anilines is 1. The first kappa shape index (κ1) is 25.5. The molecule has 0 aromatic heterocycles. The van der Waals surface area contributed by atoms with Crippen LogP contribution < -0.4 is 14.8 Å². The summed E-state index contributed by atoms with van der Waals surface area (Å²) in [7, 11) is 0. The Morgan fingerprint density at radius 2 is 1.70 bits per heavy atom. The van der Waals surface area contributed by atoms with Crippen molar-refractivity contribution in [3.63, 3.8) is 0 Å². The van der Waals surface area contributed by atoms with E-state index in [1.807, 2.05) is 45.0 Å². The molecule has 0 bridgehead atoms. The zero-order valence-electron chi connectivity index (χ0n) is 19.7. The van der Waals surface area contributed by atoms with E-state index in [1.165, 1.54) is 0 Å². The number of halogens is 1. The number of thiocarbonyl (C=S) groups is 1. The van der Waals surface area contributed by atoms with Crippen molar-refractivity contribution in [1.82, 2.24) is 9.80 Å². The van der Waals surface area contributed by atoms with Gasteiger partial charge in [0.25, 0.3) is 5.91 Å². The first-order valence-corrected chi connectivity index (χ1v) is 12.5. The summed E-state index contributed by atoms with van der Waals surface area (Å²) in [5, 5.41) is 2.89. The van der Waals surface area contributed by atoms with Gasteiger partial charge in [-0.25, -0.2) is 0 Å². The van der Waals surface area contributed by atoms with Crippen LogP contribution in [0.2, 0.25) is 0 Å². The van der Waals surface area contributed by atoms with Gasteiger partial charge in [-0.2, -0.15) is 0 Å². The molecule has 0 saturated carbocycles. The third-order valence-electron chi connectivity index (χ3n) is 5.52. The highest BCUT2D eigenvalue weighted by atomic mass is 79.9. The summed E-state index contributed by atoms with van der Waals surface area (Å²) in [6, 6.07) is 9.77. The molecule has 2 aromatic carbocycles. The normalized spacial score (nSPS) is 14.2. The number of carbonyl (C=O) groups is 1. The van der Waals surface area contributed by atoms with Crippen LogP contribution >= 0.6 is 28.1 Å². The van der Waals surface area contributed by atoms with Gasteiger partial charge >= 0.3 is 0 Å². The van der Waals surface area contributed by atoms with Crippen LogP contribution in [0, 0.1) is 13.8 Å². The van der Waals surface area contributed by atoms with E-state index >= 15 is 0 Å². The summed E-state index contributed by atoms with van der Waals surface area (Å²) < 4.78 is 12.4. The second kappa shape index (κ2) is 11.8. The first-order chi connectivity index (χ1) is 15.8. The molecule has 3 rings (SSSR count). The molecule has 0 unspecified atom stereocenters. The van der Waals surface area contributed by atoms with Crippen molar-refractivity contribution >= 4 is 44.7 Å². The molecule has 0 radical (unpaired) electrons. The number of amides is 1. The summed E-state index contributed by atoms with van der Waals surface area (Å²) >= 11 is 9.38. The zero-order valence-corrected chi connectivity index (χ0v) is 22.1. The molecule has 1 heterocycles. The smallest absolute Gasteiger partial charge is 0.262 e. The van der Waals surface area contributed by atoms with E-state index in [2.05, 4.69) is 44.0 Å². The van der Waals surface area contributed by atoms with Crippen molar-refractivity contribution in [3.05, 3.63) is 51.5 Å². The quantitative estimate of drug-likeness (QED) is 0.492. The van der Waals surface area contributed by atoms with Gasteiger partial charge in [-0.1, -0.05) is 25.2 Å². The molecule has 0 atom stereocenters. The van der Waals surface area contributed by atoms with Crippen LogP contribution in [-0.4, -0.2) is 66.6 Å². The Kier molecular flexibility index (Phi) is 9.11. The van der Waals surface area contributed by atoms with Gasteiger partial charge in [0.1, 0.15) is 4.99 Å². The monoisotopic (exact) mass is 533 g/mol. The minimum absolute atomic E-state index is 0.131. The van der Waals surface area contributed by atoms with E-state index < -0.39 is 0 Å². The van der Waals surface area contributed by atoms with Crippen molar-refractivity contribution in [1.29, 1.82) is 0 Å². The molecule has 178 valence electrons. The molecule has 33 heavy (non-hydrogen) atoms. The Hall–Kier alpha value is -2.16. The molecular formula is C25H32BrN3O3S. The van der Waals surface area contributed by atoms with Crippen LogP contribution in [0.5, 0.6) is 11.5 Å². The summed E-state index contributed by atoms with van der Waals surface area (Å²) in [5.74, 6) is 0.827. The van der Waals surface area contributed by atoms with E-state index in [0.717, 1.165) is 60.1 Å². The number of ether oxygens (including phenoxy) is 2. The zero-order chi connectivity index (χ0) is 24.0. The minimum atomic E-state index is -0.234. The number of aryl methyl sites for hydroxylation is 2. The fourth-order valence-electron chi connectivity index (χ4n) is 3.93. The number of carbonyl (C=O) groups excluding carboxylic acids is 1. The fourth-order valence-corrected chi connectivity index (χ4v) is 4.78. The van der Waals surface area contributed by atoms with Crippen molar-refractivity contribution in [2.75, 3.05) is 51.3 Å². The molecule has 2 aromatic rings. The highest BCUT2D eigenvalue weighted by molar-refractivity contribution is 9.10. The van der Waals surface area contributed by atoms with Gasteiger partial charge in [0.15, 0.2) is 18.1 Å². The molecule has 1 N–H and O–H groups in total. The maximum atomic E-state index is 12.5. The topological polar surface area (TPSA) is 54.0 Å². The van der Waals surface area contributed by atoms with Crippen LogP contribution in [0.25, 0.3) is 0 Å². The molecule has 1 amide bonds. The van der Waals surface area contributed by atoms with Gasteiger partial charge in [0.05, 0.1) is 11.1 Å². The van der Waals surface area contributed by atoms with E-state index in [4.69, 9.17) is 21.7 Å². The lowest BCUT2D eigenvalue weighted by atomic mass is 10.1. The Morgan fingerprint density at radius 1 is 1.03 bits per heavy atom. The summed E-state index contributed by atoms with van der Waals surface area (Å²) in [6.07, 6.45) is 0. The molecule has 0 spiro atoms. The molecule has 1 fully saturated rings. The van der Waals surface area contributed by atoms with Crippen molar-refractivity contribution < 1.29 is 14.3 Å². The molecular weight excluding hydrogens is 502 g/mol. The SMILES string of the molecule is CCOc1cc(C(=S)N2CCN(CC)CC2)cc(Br)c1OCC(=O)Nc1cc(C)cc(C)c1. The number of piperazine rings is 1. The van der Waals surface area contributed by atoms with Crippen LogP contribution in [0.1, 0.15) is 30.5 Å². The Balaban J connectivity index is 1.70. The predicted octanol–water partition coefficient (Wildman–Crippen LogP) is 4.80. The van der Waals surface area contributed by atoms with E-state index in [-0.39, 0.29) is 12.5 Å². The maximum Gasteiger partial charge on any atom is 0.262 e. The van der Waals surface area contributed by atoms with Crippen LogP contribution in [0.4, 0.5) is 5.69 Å². The van der Waals surface area contributed by atoms with Gasteiger partial charge in [0.2, 0.25) is 0 Å². The molecule has 1 aliphatic heterocycles. The Bertz CT molecular complexity index is 986. The minimum Gasteiger partial charge on any atom is -0.490 e. The van der Waals surface area contributed by atoms with Crippen molar-refractivity contribution in [3.8, 4) is 11.5 Å². The maximum absolute atomic E-state index is 12.5. The summed E-state index contributed by atoms with van der Waals surface area (Å²) in [5.41, 5.74) is 3.84. The number of likely N-dealkylation sites (N-methyl/N-ethyl adjacent to an activating group) is 1. The number of nitrogens with zero attached hydrogens (tertiary/aromatic N) is 2. The van der Waals surface area contributed by atoms with E-state index in [1.54, 1.807) is 0 Å².